The van der Waals surface area contributed by atoms with Gasteiger partial charge in [-0.3, -0.25) is 4.79 Å². The molecule has 102 valence electrons. The van der Waals surface area contributed by atoms with Crippen LogP contribution in [0.4, 0.5) is 0 Å². The Labute approximate surface area is 115 Å². The lowest BCUT2D eigenvalue weighted by Crippen LogP contribution is -2.33. The van der Waals surface area contributed by atoms with Crippen molar-refractivity contribution in [2.24, 2.45) is 0 Å². The van der Waals surface area contributed by atoms with Crippen LogP contribution in [0.1, 0.15) is 48.2 Å². The minimum Gasteiger partial charge on any atom is -0.384 e. The van der Waals surface area contributed by atoms with Gasteiger partial charge in [0.1, 0.15) is 6.61 Å². The van der Waals surface area contributed by atoms with E-state index in [0.29, 0.717) is 5.56 Å². The first-order chi connectivity index (χ1) is 9.10. The highest BCUT2D eigenvalue weighted by Crippen LogP contribution is 2.10. The van der Waals surface area contributed by atoms with Gasteiger partial charge < -0.3 is 10.4 Å². The molecule has 0 spiro atoms. The second-order valence-corrected chi connectivity index (χ2v) is 4.53. The summed E-state index contributed by atoms with van der Waals surface area (Å²) in [4.78, 5) is 12.1. The molecule has 0 fully saturated rings. The van der Waals surface area contributed by atoms with Crippen LogP contribution in [0.25, 0.3) is 0 Å². The highest BCUT2D eigenvalue weighted by molar-refractivity contribution is 5.95. The molecule has 0 aromatic heterocycles. The van der Waals surface area contributed by atoms with Crippen molar-refractivity contribution in [1.29, 1.82) is 0 Å². The minimum absolute atomic E-state index is 0.0653. The fourth-order valence-corrected chi connectivity index (χ4v) is 1.89. The van der Waals surface area contributed by atoms with E-state index in [1.807, 2.05) is 19.1 Å². The Morgan fingerprint density at radius 1 is 1.32 bits per heavy atom. The van der Waals surface area contributed by atoms with Gasteiger partial charge in [-0.2, -0.15) is 0 Å². The van der Waals surface area contributed by atoms with Crippen LogP contribution in [-0.4, -0.2) is 23.7 Å². The minimum atomic E-state index is -0.177. The lowest BCUT2D eigenvalue weighted by Gasteiger charge is -2.15. The maximum absolute atomic E-state index is 12.1. The summed E-state index contributed by atoms with van der Waals surface area (Å²) in [7, 11) is 0. The molecule has 0 aliphatic carbocycles. The summed E-state index contributed by atoms with van der Waals surface area (Å²) in [6, 6.07) is 5.71. The number of amides is 1. The first kappa shape index (κ1) is 15.3. The van der Waals surface area contributed by atoms with Crippen molar-refractivity contribution in [3.63, 3.8) is 0 Å². The third-order valence-corrected chi connectivity index (χ3v) is 2.97. The molecule has 1 rings (SSSR count). The molecule has 0 radical (unpaired) electrons. The topological polar surface area (TPSA) is 49.3 Å². The monoisotopic (exact) mass is 259 g/mol. The number of aryl methyl sites for hydroxylation is 1. The Morgan fingerprint density at radius 3 is 2.58 bits per heavy atom. The molecule has 0 unspecified atom stereocenters. The van der Waals surface area contributed by atoms with Crippen molar-refractivity contribution in [3.8, 4) is 11.8 Å². The molecular weight excluding hydrogens is 238 g/mol. The zero-order chi connectivity index (χ0) is 14.3. The molecule has 0 atom stereocenters. The van der Waals surface area contributed by atoms with Gasteiger partial charge >= 0.3 is 0 Å². The number of rotatable bonds is 4. The lowest BCUT2D eigenvalue weighted by molar-refractivity contribution is 0.0934. The molecule has 2 N–H and O–H groups in total. The first-order valence-corrected chi connectivity index (χ1v) is 6.63. The highest BCUT2D eigenvalue weighted by Gasteiger charge is 2.11. The number of nitrogens with one attached hydrogen (secondary N) is 1. The predicted molar refractivity (Wildman–Crippen MR) is 77.0 cm³/mol. The van der Waals surface area contributed by atoms with E-state index in [4.69, 9.17) is 5.11 Å². The second-order valence-electron chi connectivity index (χ2n) is 4.53. The summed E-state index contributed by atoms with van der Waals surface area (Å²) >= 11 is 0. The third-order valence-electron chi connectivity index (χ3n) is 2.97. The van der Waals surface area contributed by atoms with E-state index in [0.717, 1.165) is 24.0 Å². The maximum atomic E-state index is 12.1. The van der Waals surface area contributed by atoms with Crippen LogP contribution in [0.15, 0.2) is 18.2 Å². The summed E-state index contributed by atoms with van der Waals surface area (Å²) < 4.78 is 0. The van der Waals surface area contributed by atoms with Gasteiger partial charge in [0.05, 0.1) is 0 Å². The number of carbonyl (C=O) groups is 1. The van der Waals surface area contributed by atoms with E-state index in [9.17, 15) is 4.79 Å². The van der Waals surface area contributed by atoms with Crippen LogP contribution in [0.2, 0.25) is 0 Å². The Morgan fingerprint density at radius 2 is 2.00 bits per heavy atom. The molecule has 1 amide bonds. The zero-order valence-corrected chi connectivity index (χ0v) is 11.8. The summed E-state index contributed by atoms with van der Waals surface area (Å²) in [6.45, 7) is 5.87. The van der Waals surface area contributed by atoms with E-state index in [1.165, 1.54) is 0 Å². The number of hydrogen-bond acceptors (Lipinski definition) is 2. The van der Waals surface area contributed by atoms with E-state index in [-0.39, 0.29) is 18.6 Å². The number of aliphatic hydroxyl groups excluding tert-OH is 1. The molecule has 19 heavy (non-hydrogen) atoms. The quantitative estimate of drug-likeness (QED) is 0.815. The van der Waals surface area contributed by atoms with Crippen LogP contribution < -0.4 is 5.32 Å². The third kappa shape index (κ3) is 4.76. The van der Waals surface area contributed by atoms with Gasteiger partial charge in [0, 0.05) is 17.2 Å². The lowest BCUT2D eigenvalue weighted by atomic mass is 10.1. The predicted octanol–water partition coefficient (Wildman–Crippen LogP) is 2.26. The van der Waals surface area contributed by atoms with Crippen molar-refractivity contribution in [2.45, 2.75) is 39.7 Å². The molecule has 3 heteroatoms. The van der Waals surface area contributed by atoms with Gasteiger partial charge in [-0.1, -0.05) is 25.7 Å². The maximum Gasteiger partial charge on any atom is 0.251 e. The van der Waals surface area contributed by atoms with Gasteiger partial charge in [0.15, 0.2) is 0 Å². The Balaban J connectivity index is 2.93. The summed E-state index contributed by atoms with van der Waals surface area (Å²) in [6.07, 6.45) is 1.84. The fraction of sp³-hybridized carbons (Fsp3) is 0.438. The normalized spacial score (nSPS) is 9.95. The van der Waals surface area contributed by atoms with Crippen molar-refractivity contribution in [3.05, 3.63) is 34.9 Å². The molecule has 3 nitrogen and oxygen atoms in total. The van der Waals surface area contributed by atoms with Gasteiger partial charge in [0.2, 0.25) is 0 Å². The number of aliphatic hydroxyl groups is 1. The van der Waals surface area contributed by atoms with E-state index in [1.54, 1.807) is 6.07 Å². The van der Waals surface area contributed by atoms with Crippen molar-refractivity contribution < 1.29 is 9.90 Å². The van der Waals surface area contributed by atoms with Crippen molar-refractivity contribution in [1.82, 2.24) is 5.32 Å². The van der Waals surface area contributed by atoms with Gasteiger partial charge in [-0.15, -0.1) is 0 Å². The summed E-state index contributed by atoms with van der Waals surface area (Å²) in [5.41, 5.74) is 2.36. The van der Waals surface area contributed by atoms with Crippen LogP contribution >= 0.6 is 0 Å². The molecule has 0 saturated carbocycles. The van der Waals surface area contributed by atoms with Crippen molar-refractivity contribution in [2.75, 3.05) is 6.61 Å². The Bertz CT molecular complexity index is 493. The molecule has 0 saturated heterocycles. The molecule has 0 heterocycles. The van der Waals surface area contributed by atoms with Crippen LogP contribution in [0.5, 0.6) is 0 Å². The van der Waals surface area contributed by atoms with Gasteiger partial charge in [0.25, 0.3) is 5.91 Å². The molecule has 1 aromatic carbocycles. The molecule has 0 aliphatic heterocycles. The molecular formula is C16H21NO2. The number of hydrogen-bond donors (Lipinski definition) is 2. The number of carbonyl (C=O) groups excluding carboxylic acids is 1. The van der Waals surface area contributed by atoms with E-state index in [2.05, 4.69) is 31.0 Å². The average molecular weight is 259 g/mol. The van der Waals surface area contributed by atoms with Crippen LogP contribution in [0.3, 0.4) is 0 Å². The summed E-state index contributed by atoms with van der Waals surface area (Å²) in [5.74, 6) is 5.36. The molecule has 0 aliphatic rings. The molecule has 0 bridgehead atoms. The average Bonchev–Trinajstić information content (AvgIpc) is 2.41. The Kier molecular flexibility index (Phi) is 6.11. The summed E-state index contributed by atoms with van der Waals surface area (Å²) in [5, 5.41) is 11.7. The Hall–Kier alpha value is -1.79. The fourth-order valence-electron chi connectivity index (χ4n) is 1.89. The highest BCUT2D eigenvalue weighted by atomic mass is 16.2. The smallest absolute Gasteiger partial charge is 0.251 e. The van der Waals surface area contributed by atoms with E-state index < -0.39 is 0 Å². The van der Waals surface area contributed by atoms with Crippen LogP contribution in [0, 0.1) is 18.8 Å². The van der Waals surface area contributed by atoms with Gasteiger partial charge in [-0.25, -0.2) is 0 Å². The largest absolute Gasteiger partial charge is 0.384 e. The van der Waals surface area contributed by atoms with Crippen molar-refractivity contribution >= 4 is 5.91 Å². The first-order valence-electron chi connectivity index (χ1n) is 6.63. The van der Waals surface area contributed by atoms with E-state index >= 15 is 0 Å². The van der Waals surface area contributed by atoms with Gasteiger partial charge in [-0.05, 0) is 43.5 Å². The second kappa shape index (κ2) is 7.60. The molecule has 1 aromatic rings. The zero-order valence-electron chi connectivity index (χ0n) is 11.8. The SMILES string of the molecule is CCC(CC)NC(=O)c1cc(C)cc(C#CCO)c1. The van der Waals surface area contributed by atoms with Crippen LogP contribution in [-0.2, 0) is 0 Å². The standard InChI is InChI=1S/C16H21NO2/c1-4-15(5-2)17-16(19)14-10-12(3)9-13(11-14)7-6-8-18/h9-11,15,18H,4-5,8H2,1-3H3,(H,17,19). The number of benzene rings is 1.